The maximum Gasteiger partial charge on any atom is 0.225 e. The molecule has 2 unspecified atom stereocenters. The fraction of sp³-hybridized carbons (Fsp3) is 0.821. The summed E-state index contributed by atoms with van der Waals surface area (Å²) in [6, 6.07) is 1.95. The molecule has 6 heteroatoms. The first kappa shape index (κ1) is 22.9. The monoisotopic (exact) mass is 465 g/mol. The summed E-state index contributed by atoms with van der Waals surface area (Å²) >= 11 is 0. The summed E-state index contributed by atoms with van der Waals surface area (Å²) < 4.78 is 0. The van der Waals surface area contributed by atoms with Crippen molar-refractivity contribution in [1.82, 2.24) is 19.8 Å². The number of anilines is 1. The molecule has 5 aliphatic rings. The van der Waals surface area contributed by atoms with Gasteiger partial charge in [-0.15, -0.1) is 0 Å². The van der Waals surface area contributed by atoms with Gasteiger partial charge in [-0.1, -0.05) is 13.3 Å². The zero-order valence-electron chi connectivity index (χ0n) is 21.3. The van der Waals surface area contributed by atoms with Crippen molar-refractivity contribution in [2.75, 3.05) is 37.6 Å². The SMILES string of the molecule is CCCCN1CC2CCC(C1)N2c1ncc(C2CCN([C@H]3CC4(C[C@H](C(C)=O)C4)C3)CC2)cn1. The quantitative estimate of drug-likeness (QED) is 0.600. The fourth-order valence-corrected chi connectivity index (χ4v) is 7.96. The van der Waals surface area contributed by atoms with Gasteiger partial charge in [0.1, 0.15) is 5.78 Å². The van der Waals surface area contributed by atoms with Crippen molar-refractivity contribution in [2.24, 2.45) is 11.3 Å². The van der Waals surface area contributed by atoms with E-state index in [-0.39, 0.29) is 0 Å². The van der Waals surface area contributed by atoms with E-state index in [2.05, 4.69) is 34.0 Å². The van der Waals surface area contributed by atoms with Gasteiger partial charge in [0, 0.05) is 49.5 Å². The van der Waals surface area contributed by atoms with Crippen LogP contribution in [0.4, 0.5) is 5.95 Å². The van der Waals surface area contributed by atoms with Gasteiger partial charge < -0.3 is 9.80 Å². The van der Waals surface area contributed by atoms with Gasteiger partial charge in [0.05, 0.1) is 0 Å². The van der Waals surface area contributed by atoms with Crippen molar-refractivity contribution in [3.8, 4) is 0 Å². The molecule has 2 saturated carbocycles. The largest absolute Gasteiger partial charge is 0.332 e. The molecule has 1 aromatic rings. The van der Waals surface area contributed by atoms with Crippen LogP contribution in [0.5, 0.6) is 0 Å². The second-order valence-electron chi connectivity index (χ2n) is 12.3. The topological polar surface area (TPSA) is 52.6 Å². The third-order valence-corrected chi connectivity index (χ3v) is 10.1. The number of Topliss-reactive ketones (excluding diaryl/α,β-unsaturated/α-hetero) is 1. The Hall–Kier alpha value is -1.53. The summed E-state index contributed by atoms with van der Waals surface area (Å²) in [7, 11) is 0. The van der Waals surface area contributed by atoms with Gasteiger partial charge in [0.15, 0.2) is 0 Å². The average molecular weight is 466 g/mol. The second kappa shape index (κ2) is 9.16. The average Bonchev–Trinajstić information content (AvgIpc) is 3.06. The van der Waals surface area contributed by atoms with Crippen molar-refractivity contribution >= 4 is 11.7 Å². The number of fused-ring (bicyclic) bond motifs is 2. The molecule has 3 aliphatic heterocycles. The predicted molar refractivity (Wildman–Crippen MR) is 135 cm³/mol. The summed E-state index contributed by atoms with van der Waals surface area (Å²) in [6.07, 6.45) is 16.9. The molecule has 2 atom stereocenters. The third-order valence-electron chi connectivity index (χ3n) is 10.1. The van der Waals surface area contributed by atoms with E-state index < -0.39 is 0 Å². The Morgan fingerprint density at radius 1 is 0.971 bits per heavy atom. The molecule has 186 valence electrons. The van der Waals surface area contributed by atoms with Crippen LogP contribution >= 0.6 is 0 Å². The molecular weight excluding hydrogens is 422 g/mol. The van der Waals surface area contributed by atoms with E-state index in [1.54, 1.807) is 6.92 Å². The van der Waals surface area contributed by atoms with Crippen molar-refractivity contribution in [1.29, 1.82) is 0 Å². The normalized spacial score (nSPS) is 36.5. The molecule has 0 N–H and O–H groups in total. The Balaban J connectivity index is 0.991. The molecule has 0 amide bonds. The van der Waals surface area contributed by atoms with E-state index in [4.69, 9.17) is 9.97 Å². The van der Waals surface area contributed by atoms with E-state index in [1.807, 2.05) is 0 Å². The number of carbonyl (C=O) groups is 1. The Labute approximate surface area is 205 Å². The van der Waals surface area contributed by atoms with Gasteiger partial charge in [0.25, 0.3) is 0 Å². The van der Waals surface area contributed by atoms with Crippen molar-refractivity contribution < 1.29 is 4.79 Å². The van der Waals surface area contributed by atoms with Gasteiger partial charge >= 0.3 is 0 Å². The first-order valence-electron chi connectivity index (χ1n) is 14.1. The van der Waals surface area contributed by atoms with Gasteiger partial charge in [-0.3, -0.25) is 9.69 Å². The summed E-state index contributed by atoms with van der Waals surface area (Å²) in [5.74, 6) is 2.35. The number of piperazine rings is 1. The van der Waals surface area contributed by atoms with E-state index in [1.165, 1.54) is 89.7 Å². The van der Waals surface area contributed by atoms with Crippen LogP contribution in [0.15, 0.2) is 12.4 Å². The zero-order chi connectivity index (χ0) is 23.3. The van der Waals surface area contributed by atoms with Crippen LogP contribution in [0.1, 0.15) is 89.5 Å². The van der Waals surface area contributed by atoms with Gasteiger partial charge in [-0.2, -0.15) is 0 Å². The van der Waals surface area contributed by atoms with Gasteiger partial charge in [-0.25, -0.2) is 9.97 Å². The Bertz CT molecular complexity index is 851. The smallest absolute Gasteiger partial charge is 0.225 e. The van der Waals surface area contributed by atoms with Crippen molar-refractivity contribution in [3.63, 3.8) is 0 Å². The molecule has 1 aromatic heterocycles. The molecule has 6 rings (SSSR count). The van der Waals surface area contributed by atoms with E-state index in [0.29, 0.717) is 35.1 Å². The molecule has 34 heavy (non-hydrogen) atoms. The molecule has 0 aromatic carbocycles. The molecule has 4 heterocycles. The molecule has 2 aliphatic carbocycles. The first-order valence-corrected chi connectivity index (χ1v) is 14.1. The van der Waals surface area contributed by atoms with Crippen LogP contribution in [0.3, 0.4) is 0 Å². The van der Waals surface area contributed by atoms with Crippen molar-refractivity contribution in [2.45, 2.75) is 102 Å². The van der Waals surface area contributed by atoms with Gasteiger partial charge in [0.2, 0.25) is 5.95 Å². The third kappa shape index (κ3) is 4.19. The van der Waals surface area contributed by atoms with Gasteiger partial charge in [-0.05, 0) is 101 Å². The minimum absolute atomic E-state index is 0.370. The van der Waals surface area contributed by atoms with Crippen LogP contribution in [0.2, 0.25) is 0 Å². The van der Waals surface area contributed by atoms with Crippen LogP contribution in [-0.2, 0) is 4.79 Å². The lowest BCUT2D eigenvalue weighted by Gasteiger charge is -2.60. The highest BCUT2D eigenvalue weighted by atomic mass is 16.1. The maximum absolute atomic E-state index is 11.6. The highest BCUT2D eigenvalue weighted by Gasteiger charge is 2.55. The standard InChI is InChI=1S/C28H43N5O/c1-3-4-9-31-18-24-5-6-25(19-31)33(24)27-29-16-23(17-30-27)21-7-10-32(11-8-21)26-14-28(15-26)12-22(13-28)20(2)34/h16-17,21-22,24-26H,3-15,18-19H2,1-2H3/t22-,24?,25?,26-,28?. The molecule has 3 saturated heterocycles. The minimum Gasteiger partial charge on any atom is -0.332 e. The lowest BCUT2D eigenvalue weighted by molar-refractivity contribution is -0.139. The molecule has 0 radical (unpaired) electrons. The number of carbonyl (C=O) groups excluding carboxylic acids is 1. The summed E-state index contributed by atoms with van der Waals surface area (Å²) in [5, 5.41) is 0. The Morgan fingerprint density at radius 2 is 1.62 bits per heavy atom. The zero-order valence-corrected chi connectivity index (χ0v) is 21.3. The minimum atomic E-state index is 0.370. The lowest BCUT2D eigenvalue weighted by Crippen LogP contribution is -2.58. The number of unbranched alkanes of at least 4 members (excludes halogenated alkanes) is 1. The number of ketones is 1. The van der Waals surface area contributed by atoms with Crippen molar-refractivity contribution in [3.05, 3.63) is 18.0 Å². The number of piperidine rings is 1. The number of likely N-dealkylation sites (tertiary alicyclic amines) is 2. The first-order chi connectivity index (χ1) is 16.5. The number of aromatic nitrogens is 2. The molecule has 6 nitrogen and oxygen atoms in total. The van der Waals surface area contributed by atoms with E-state index in [0.717, 1.165) is 24.8 Å². The number of rotatable bonds is 7. The predicted octanol–water partition coefficient (Wildman–Crippen LogP) is 4.26. The Morgan fingerprint density at radius 3 is 2.21 bits per heavy atom. The number of nitrogens with zero attached hydrogens (tertiary/aromatic N) is 5. The lowest BCUT2D eigenvalue weighted by atomic mass is 9.49. The highest BCUT2D eigenvalue weighted by molar-refractivity contribution is 5.79. The molecule has 1 spiro atoms. The fourth-order valence-electron chi connectivity index (χ4n) is 7.96. The van der Waals surface area contributed by atoms with Crippen LogP contribution < -0.4 is 4.90 Å². The molecule has 5 fully saturated rings. The second-order valence-corrected chi connectivity index (χ2v) is 12.3. The van der Waals surface area contributed by atoms with Crippen LogP contribution in [0, 0.1) is 11.3 Å². The van der Waals surface area contributed by atoms with E-state index >= 15 is 0 Å². The molecule has 2 bridgehead atoms. The summed E-state index contributed by atoms with van der Waals surface area (Å²) in [6.45, 7) is 10.1. The Kier molecular flexibility index (Phi) is 6.17. The molecular formula is C28H43N5O. The number of hydrogen-bond donors (Lipinski definition) is 0. The highest BCUT2D eigenvalue weighted by Crippen LogP contribution is 2.60. The van der Waals surface area contributed by atoms with Crippen LogP contribution in [-0.4, -0.2) is 76.4 Å². The van der Waals surface area contributed by atoms with E-state index in [9.17, 15) is 4.79 Å². The summed E-state index contributed by atoms with van der Waals surface area (Å²) in [4.78, 5) is 29.3. The number of hydrogen-bond acceptors (Lipinski definition) is 6. The van der Waals surface area contributed by atoms with Crippen LogP contribution in [0.25, 0.3) is 0 Å². The summed E-state index contributed by atoms with van der Waals surface area (Å²) in [5.41, 5.74) is 1.87. The maximum atomic E-state index is 11.6.